The van der Waals surface area contributed by atoms with Gasteiger partial charge >= 0.3 is 0 Å². The third-order valence-corrected chi connectivity index (χ3v) is 3.87. The fourth-order valence-electron chi connectivity index (χ4n) is 1.42. The molecule has 0 aliphatic carbocycles. The summed E-state index contributed by atoms with van der Waals surface area (Å²) in [5.74, 6) is 0.241. The lowest BCUT2D eigenvalue weighted by molar-refractivity contribution is 0.102. The van der Waals surface area contributed by atoms with Crippen LogP contribution in [-0.4, -0.2) is 16.5 Å². The number of anilines is 1. The molecule has 0 bridgehead atoms. The number of Topliss-reactive ketones (excluding diaryl/α,β-unsaturated/α-hetero) is 1. The van der Waals surface area contributed by atoms with Crippen LogP contribution in [-0.2, 0) is 0 Å². The van der Waals surface area contributed by atoms with Crippen molar-refractivity contribution in [1.29, 1.82) is 0 Å². The Balaban J connectivity index is 2.06. The molecular formula is C13H11ClN2OS. The van der Waals surface area contributed by atoms with E-state index < -0.39 is 0 Å². The van der Waals surface area contributed by atoms with E-state index in [0.29, 0.717) is 22.0 Å². The summed E-state index contributed by atoms with van der Waals surface area (Å²) in [6, 6.07) is 9.04. The van der Waals surface area contributed by atoms with Gasteiger partial charge in [-0.15, -0.1) is 11.8 Å². The molecule has 0 aliphatic heterocycles. The molecule has 0 radical (unpaired) electrons. The van der Waals surface area contributed by atoms with Crippen molar-refractivity contribution in [3.63, 3.8) is 0 Å². The van der Waals surface area contributed by atoms with Crippen molar-refractivity contribution in [2.75, 3.05) is 11.5 Å². The Morgan fingerprint density at radius 2 is 2.11 bits per heavy atom. The molecule has 1 heterocycles. The van der Waals surface area contributed by atoms with E-state index in [-0.39, 0.29) is 5.78 Å². The molecular weight excluding hydrogens is 268 g/mol. The van der Waals surface area contributed by atoms with Crippen LogP contribution in [0.4, 0.5) is 5.69 Å². The number of thioether (sulfide) groups is 1. The van der Waals surface area contributed by atoms with Gasteiger partial charge in [0.05, 0.1) is 16.3 Å². The Labute approximate surface area is 114 Å². The van der Waals surface area contributed by atoms with Crippen LogP contribution in [0.15, 0.2) is 47.6 Å². The zero-order chi connectivity index (χ0) is 13.0. The van der Waals surface area contributed by atoms with E-state index in [1.54, 1.807) is 18.3 Å². The molecule has 0 saturated carbocycles. The van der Waals surface area contributed by atoms with E-state index in [2.05, 4.69) is 4.98 Å². The quantitative estimate of drug-likeness (QED) is 0.689. The van der Waals surface area contributed by atoms with Crippen LogP contribution in [0.1, 0.15) is 10.4 Å². The largest absolute Gasteiger partial charge is 0.398 e. The average Bonchev–Trinajstić information content (AvgIpc) is 2.38. The van der Waals surface area contributed by atoms with Crippen LogP contribution >= 0.6 is 23.4 Å². The van der Waals surface area contributed by atoms with E-state index in [1.165, 1.54) is 18.0 Å². The molecule has 0 amide bonds. The summed E-state index contributed by atoms with van der Waals surface area (Å²) in [6.07, 6.45) is 3.05. The molecule has 2 rings (SSSR count). The van der Waals surface area contributed by atoms with Gasteiger partial charge in [-0.2, -0.15) is 0 Å². The van der Waals surface area contributed by atoms with Crippen LogP contribution < -0.4 is 5.73 Å². The predicted molar refractivity (Wildman–Crippen MR) is 75.2 cm³/mol. The van der Waals surface area contributed by atoms with Gasteiger partial charge < -0.3 is 5.73 Å². The molecule has 2 aromatic rings. The number of carbonyl (C=O) groups excluding carboxylic acids is 1. The number of rotatable bonds is 4. The molecule has 0 unspecified atom stereocenters. The second kappa shape index (κ2) is 5.89. The Kier molecular flexibility index (Phi) is 4.23. The highest BCUT2D eigenvalue weighted by Crippen LogP contribution is 2.27. The minimum Gasteiger partial charge on any atom is -0.398 e. The minimum absolute atomic E-state index is 0.0504. The van der Waals surface area contributed by atoms with E-state index in [4.69, 9.17) is 17.3 Å². The molecule has 18 heavy (non-hydrogen) atoms. The Morgan fingerprint density at radius 1 is 1.33 bits per heavy atom. The first-order valence-electron chi connectivity index (χ1n) is 5.28. The summed E-state index contributed by atoms with van der Waals surface area (Å²) < 4.78 is 0. The maximum Gasteiger partial charge on any atom is 0.176 e. The highest BCUT2D eigenvalue weighted by Gasteiger charge is 2.11. The van der Waals surface area contributed by atoms with E-state index >= 15 is 0 Å². The highest BCUT2D eigenvalue weighted by molar-refractivity contribution is 8.00. The number of hydrogen-bond donors (Lipinski definition) is 1. The summed E-state index contributed by atoms with van der Waals surface area (Å²) in [5, 5.41) is 0.648. The van der Waals surface area contributed by atoms with Crippen LogP contribution in [0.5, 0.6) is 0 Å². The van der Waals surface area contributed by atoms with E-state index in [9.17, 15) is 4.79 Å². The first-order chi connectivity index (χ1) is 8.68. The van der Waals surface area contributed by atoms with Crippen LogP contribution in [0.2, 0.25) is 5.02 Å². The summed E-state index contributed by atoms with van der Waals surface area (Å²) in [7, 11) is 0. The maximum atomic E-state index is 12.0. The zero-order valence-electron chi connectivity index (χ0n) is 9.47. The van der Waals surface area contributed by atoms with Gasteiger partial charge in [0.1, 0.15) is 0 Å². The fraction of sp³-hybridized carbons (Fsp3) is 0.0769. The molecule has 1 aromatic carbocycles. The number of pyridine rings is 1. The topological polar surface area (TPSA) is 56.0 Å². The normalized spacial score (nSPS) is 10.3. The number of ketones is 1. The van der Waals surface area contributed by atoms with Gasteiger partial charge in [0.25, 0.3) is 0 Å². The third-order valence-electron chi connectivity index (χ3n) is 2.35. The molecule has 0 spiro atoms. The maximum absolute atomic E-state index is 12.0. The van der Waals surface area contributed by atoms with Crippen molar-refractivity contribution in [2.24, 2.45) is 0 Å². The summed E-state index contributed by atoms with van der Waals surface area (Å²) in [5.41, 5.74) is 6.63. The van der Waals surface area contributed by atoms with E-state index in [0.717, 1.165) is 4.90 Å². The number of hydrogen-bond acceptors (Lipinski definition) is 4. The Hall–Kier alpha value is -1.52. The van der Waals surface area contributed by atoms with Crippen molar-refractivity contribution < 1.29 is 4.79 Å². The molecule has 0 saturated heterocycles. The molecule has 0 aliphatic rings. The Morgan fingerprint density at radius 3 is 2.83 bits per heavy atom. The molecule has 3 nitrogen and oxygen atoms in total. The smallest absolute Gasteiger partial charge is 0.176 e. The lowest BCUT2D eigenvalue weighted by Gasteiger charge is -2.05. The molecule has 2 N–H and O–H groups in total. The molecule has 1 aromatic heterocycles. The van der Waals surface area contributed by atoms with E-state index in [1.807, 2.05) is 18.2 Å². The lowest BCUT2D eigenvalue weighted by Crippen LogP contribution is -2.06. The van der Waals surface area contributed by atoms with Crippen molar-refractivity contribution in [2.45, 2.75) is 4.90 Å². The van der Waals surface area contributed by atoms with Gasteiger partial charge in [0.15, 0.2) is 5.78 Å². The fourth-order valence-corrected chi connectivity index (χ4v) is 2.54. The number of nitrogens with two attached hydrogens (primary N) is 1. The molecule has 5 heteroatoms. The van der Waals surface area contributed by atoms with Crippen molar-refractivity contribution in [1.82, 2.24) is 4.98 Å². The van der Waals surface area contributed by atoms with Gasteiger partial charge in [0.2, 0.25) is 0 Å². The second-order valence-corrected chi connectivity index (χ2v) is 5.03. The molecule has 92 valence electrons. The van der Waals surface area contributed by atoms with Crippen molar-refractivity contribution >= 4 is 34.8 Å². The van der Waals surface area contributed by atoms with Gasteiger partial charge in [-0.3, -0.25) is 9.78 Å². The van der Waals surface area contributed by atoms with Gasteiger partial charge in [-0.1, -0.05) is 23.7 Å². The van der Waals surface area contributed by atoms with Crippen LogP contribution in [0.25, 0.3) is 0 Å². The summed E-state index contributed by atoms with van der Waals surface area (Å²) in [6.45, 7) is 0. The van der Waals surface area contributed by atoms with Crippen LogP contribution in [0.3, 0.4) is 0 Å². The van der Waals surface area contributed by atoms with Gasteiger partial charge in [-0.05, 0) is 18.2 Å². The standard InChI is InChI=1S/C13H11ClN2OS/c14-10-3-1-2-4-13(10)18-8-12(17)9-7-16-6-5-11(9)15/h1-7H,8H2,(H2,15,16). The zero-order valence-corrected chi connectivity index (χ0v) is 11.0. The average molecular weight is 279 g/mol. The number of halogens is 1. The summed E-state index contributed by atoms with van der Waals surface area (Å²) in [4.78, 5) is 16.8. The van der Waals surface area contributed by atoms with Crippen molar-refractivity contribution in [3.05, 3.63) is 53.3 Å². The SMILES string of the molecule is Nc1ccncc1C(=O)CSc1ccccc1Cl. The monoisotopic (exact) mass is 278 g/mol. The number of nitrogen functional groups attached to an aromatic ring is 1. The molecule has 0 atom stereocenters. The summed E-state index contributed by atoms with van der Waals surface area (Å²) >= 11 is 7.41. The third kappa shape index (κ3) is 3.03. The number of carbonyl (C=O) groups is 1. The second-order valence-electron chi connectivity index (χ2n) is 3.61. The number of benzene rings is 1. The first-order valence-corrected chi connectivity index (χ1v) is 6.65. The predicted octanol–water partition coefficient (Wildman–Crippen LogP) is 3.29. The van der Waals surface area contributed by atoms with Gasteiger partial charge in [-0.25, -0.2) is 0 Å². The number of nitrogens with zero attached hydrogens (tertiary/aromatic N) is 1. The van der Waals surface area contributed by atoms with Crippen molar-refractivity contribution in [3.8, 4) is 0 Å². The highest BCUT2D eigenvalue weighted by atomic mass is 35.5. The number of aromatic nitrogens is 1. The first kappa shape index (κ1) is 12.9. The minimum atomic E-state index is -0.0504. The van der Waals surface area contributed by atoms with Gasteiger partial charge in [0, 0.05) is 23.0 Å². The van der Waals surface area contributed by atoms with Crippen LogP contribution in [0, 0.1) is 0 Å². The Bertz CT molecular complexity index is 574. The lowest BCUT2D eigenvalue weighted by atomic mass is 10.2. The molecule has 0 fully saturated rings.